The van der Waals surface area contributed by atoms with Crippen LogP contribution in [0, 0.1) is 0 Å². The van der Waals surface area contributed by atoms with Gasteiger partial charge in [0.2, 0.25) is 0 Å². The SMILES string of the molecule is CC(O)c1ccc(SCCS(=O)(=O)C(C)(C)C)cc1. The lowest BCUT2D eigenvalue weighted by atomic mass is 10.1. The molecule has 108 valence electrons. The minimum Gasteiger partial charge on any atom is -0.389 e. The Morgan fingerprint density at radius 2 is 1.74 bits per heavy atom. The van der Waals surface area contributed by atoms with Crippen molar-refractivity contribution in [1.82, 2.24) is 0 Å². The van der Waals surface area contributed by atoms with Crippen molar-refractivity contribution in [3.05, 3.63) is 29.8 Å². The van der Waals surface area contributed by atoms with Gasteiger partial charge in [-0.2, -0.15) is 0 Å². The van der Waals surface area contributed by atoms with Gasteiger partial charge in [0.05, 0.1) is 16.6 Å². The largest absolute Gasteiger partial charge is 0.389 e. The Hall–Kier alpha value is -0.520. The van der Waals surface area contributed by atoms with Crippen LogP contribution in [0.15, 0.2) is 29.2 Å². The fourth-order valence-electron chi connectivity index (χ4n) is 1.42. The molecule has 1 N–H and O–H groups in total. The van der Waals surface area contributed by atoms with Gasteiger partial charge < -0.3 is 5.11 Å². The van der Waals surface area contributed by atoms with Crippen LogP contribution in [0.1, 0.15) is 39.4 Å². The summed E-state index contributed by atoms with van der Waals surface area (Å²) in [5, 5.41) is 9.40. The van der Waals surface area contributed by atoms with E-state index in [1.165, 1.54) is 11.8 Å². The van der Waals surface area contributed by atoms with Gasteiger partial charge in [-0.3, -0.25) is 0 Å². The van der Waals surface area contributed by atoms with E-state index in [4.69, 9.17) is 0 Å². The lowest BCUT2D eigenvalue weighted by molar-refractivity contribution is 0.199. The molecular formula is C14H22O3S2. The minimum atomic E-state index is -3.05. The van der Waals surface area contributed by atoms with Gasteiger partial charge in [0.1, 0.15) is 0 Å². The number of sulfone groups is 1. The Kier molecular flexibility index (Phi) is 5.47. The van der Waals surface area contributed by atoms with Gasteiger partial charge in [0.15, 0.2) is 9.84 Å². The average molecular weight is 302 g/mol. The van der Waals surface area contributed by atoms with Crippen molar-refractivity contribution in [2.24, 2.45) is 0 Å². The predicted molar refractivity (Wildman–Crippen MR) is 81.3 cm³/mol. The van der Waals surface area contributed by atoms with E-state index in [2.05, 4.69) is 0 Å². The lowest BCUT2D eigenvalue weighted by Gasteiger charge is -2.18. The van der Waals surface area contributed by atoms with Crippen LogP contribution in [0.2, 0.25) is 0 Å². The summed E-state index contributed by atoms with van der Waals surface area (Å²) >= 11 is 1.52. The summed E-state index contributed by atoms with van der Waals surface area (Å²) in [4.78, 5) is 1.02. The fourth-order valence-corrected chi connectivity index (χ4v) is 3.81. The molecule has 5 heteroatoms. The Balaban J connectivity index is 2.55. The average Bonchev–Trinajstić information content (AvgIpc) is 2.28. The summed E-state index contributed by atoms with van der Waals surface area (Å²) in [5.41, 5.74) is 0.867. The van der Waals surface area contributed by atoms with Gasteiger partial charge in [0, 0.05) is 10.6 Å². The summed E-state index contributed by atoms with van der Waals surface area (Å²) in [6.45, 7) is 6.90. The summed E-state index contributed by atoms with van der Waals surface area (Å²) in [7, 11) is -3.05. The summed E-state index contributed by atoms with van der Waals surface area (Å²) in [6, 6.07) is 7.56. The molecular weight excluding hydrogens is 280 g/mol. The maximum absolute atomic E-state index is 11.9. The van der Waals surface area contributed by atoms with Gasteiger partial charge >= 0.3 is 0 Å². The Bertz CT molecular complexity index is 496. The number of hydrogen-bond donors (Lipinski definition) is 1. The highest BCUT2D eigenvalue weighted by Gasteiger charge is 2.28. The second-order valence-electron chi connectivity index (χ2n) is 5.52. The van der Waals surface area contributed by atoms with Crippen molar-refractivity contribution in [3.8, 4) is 0 Å². The summed E-state index contributed by atoms with van der Waals surface area (Å²) in [6.07, 6.45) is -0.472. The zero-order chi connectivity index (χ0) is 14.7. The number of thioether (sulfide) groups is 1. The monoisotopic (exact) mass is 302 g/mol. The van der Waals surface area contributed by atoms with E-state index in [1.54, 1.807) is 27.7 Å². The van der Waals surface area contributed by atoms with Crippen LogP contribution in [-0.2, 0) is 9.84 Å². The third kappa shape index (κ3) is 4.82. The molecule has 0 aliphatic carbocycles. The van der Waals surface area contributed by atoms with E-state index in [-0.39, 0.29) is 5.75 Å². The van der Waals surface area contributed by atoms with E-state index < -0.39 is 20.7 Å². The third-order valence-corrected chi connectivity index (χ3v) is 6.80. The molecule has 1 aromatic rings. The van der Waals surface area contributed by atoms with Crippen LogP contribution in [0.5, 0.6) is 0 Å². The quantitative estimate of drug-likeness (QED) is 0.849. The van der Waals surface area contributed by atoms with Crippen LogP contribution in [0.3, 0.4) is 0 Å². The molecule has 0 radical (unpaired) electrons. The first-order valence-corrected chi connectivity index (χ1v) is 8.90. The summed E-state index contributed by atoms with van der Waals surface area (Å²) < 4.78 is 23.2. The van der Waals surface area contributed by atoms with E-state index in [0.29, 0.717) is 5.75 Å². The second-order valence-corrected chi connectivity index (χ2v) is 9.56. The highest BCUT2D eigenvalue weighted by atomic mass is 32.2. The van der Waals surface area contributed by atoms with E-state index in [0.717, 1.165) is 10.5 Å². The molecule has 1 unspecified atom stereocenters. The Morgan fingerprint density at radius 3 is 2.16 bits per heavy atom. The zero-order valence-corrected chi connectivity index (χ0v) is 13.5. The third-order valence-electron chi connectivity index (χ3n) is 2.92. The molecule has 1 rings (SSSR count). The fraction of sp³-hybridized carbons (Fsp3) is 0.571. The highest BCUT2D eigenvalue weighted by Crippen LogP contribution is 2.23. The standard InChI is InChI=1S/C14H22O3S2/c1-11(15)12-5-7-13(8-6-12)18-9-10-19(16,17)14(2,3)4/h5-8,11,15H,9-10H2,1-4H3. The normalized spacial score (nSPS) is 14.4. The highest BCUT2D eigenvalue weighted by molar-refractivity contribution is 8.01. The molecule has 0 fully saturated rings. The van der Waals surface area contributed by atoms with Crippen molar-refractivity contribution < 1.29 is 13.5 Å². The molecule has 1 aromatic carbocycles. The molecule has 0 saturated carbocycles. The van der Waals surface area contributed by atoms with Crippen LogP contribution < -0.4 is 0 Å². The molecule has 1 atom stereocenters. The minimum absolute atomic E-state index is 0.180. The molecule has 0 aliphatic heterocycles. The number of aliphatic hydroxyl groups is 1. The molecule has 0 spiro atoms. The van der Waals surface area contributed by atoms with Gasteiger partial charge in [-0.1, -0.05) is 12.1 Å². The summed E-state index contributed by atoms with van der Waals surface area (Å²) in [5.74, 6) is 0.729. The maximum atomic E-state index is 11.9. The van der Waals surface area contributed by atoms with Crippen molar-refractivity contribution in [3.63, 3.8) is 0 Å². The van der Waals surface area contributed by atoms with Crippen LogP contribution in [-0.4, -0.2) is 29.8 Å². The van der Waals surface area contributed by atoms with Crippen molar-refractivity contribution in [2.45, 2.75) is 43.4 Å². The smallest absolute Gasteiger partial charge is 0.156 e. The van der Waals surface area contributed by atoms with Gasteiger partial charge in [-0.05, 0) is 45.4 Å². The first-order chi connectivity index (χ1) is 8.63. The van der Waals surface area contributed by atoms with Crippen LogP contribution in [0.25, 0.3) is 0 Å². The number of hydrogen-bond acceptors (Lipinski definition) is 4. The first-order valence-electron chi connectivity index (χ1n) is 6.26. The van der Waals surface area contributed by atoms with Gasteiger partial charge in [0.25, 0.3) is 0 Å². The molecule has 0 aromatic heterocycles. The Morgan fingerprint density at radius 1 is 1.21 bits per heavy atom. The van der Waals surface area contributed by atoms with Crippen molar-refractivity contribution in [1.29, 1.82) is 0 Å². The van der Waals surface area contributed by atoms with E-state index in [1.807, 2.05) is 24.3 Å². The number of aliphatic hydroxyl groups excluding tert-OH is 1. The number of benzene rings is 1. The molecule has 0 bridgehead atoms. The molecule has 19 heavy (non-hydrogen) atoms. The van der Waals surface area contributed by atoms with Crippen LogP contribution >= 0.6 is 11.8 Å². The second kappa shape index (κ2) is 6.29. The molecule has 0 amide bonds. The molecule has 0 heterocycles. The molecule has 3 nitrogen and oxygen atoms in total. The van der Waals surface area contributed by atoms with Crippen molar-refractivity contribution >= 4 is 21.6 Å². The van der Waals surface area contributed by atoms with E-state index in [9.17, 15) is 13.5 Å². The van der Waals surface area contributed by atoms with Gasteiger partial charge in [-0.15, -0.1) is 11.8 Å². The number of rotatable bonds is 5. The Labute approximate surface area is 120 Å². The topological polar surface area (TPSA) is 54.4 Å². The van der Waals surface area contributed by atoms with Crippen molar-refractivity contribution in [2.75, 3.05) is 11.5 Å². The van der Waals surface area contributed by atoms with E-state index >= 15 is 0 Å². The lowest BCUT2D eigenvalue weighted by Crippen LogP contribution is -2.31. The molecule has 0 saturated heterocycles. The molecule has 0 aliphatic rings. The maximum Gasteiger partial charge on any atom is 0.156 e. The van der Waals surface area contributed by atoms with Crippen LogP contribution in [0.4, 0.5) is 0 Å². The zero-order valence-electron chi connectivity index (χ0n) is 11.9. The first kappa shape index (κ1) is 16.5. The predicted octanol–water partition coefficient (Wildman–Crippen LogP) is 3.05. The van der Waals surface area contributed by atoms with Gasteiger partial charge in [-0.25, -0.2) is 8.42 Å².